The topological polar surface area (TPSA) is 50.9 Å². The number of alkyl halides is 3. The van der Waals surface area contributed by atoms with Crippen molar-refractivity contribution in [1.29, 1.82) is 0 Å². The number of nitrogens with zero attached hydrogens (tertiary/aromatic N) is 1. The summed E-state index contributed by atoms with van der Waals surface area (Å²) in [6.07, 6.45) is -3.66. The number of nitrogens with two attached hydrogens (primary N) is 1. The van der Waals surface area contributed by atoms with Gasteiger partial charge in [-0.25, -0.2) is 4.98 Å². The SMILES string of the molecule is Cc1csc(CCNc2ccc(C(F)(F)F)cc2N)n1. The summed E-state index contributed by atoms with van der Waals surface area (Å²) in [4.78, 5) is 4.31. The Kier molecular flexibility index (Phi) is 4.17. The predicted octanol–water partition coefficient (Wildman–Crippen LogP) is 3.71. The molecule has 0 aliphatic heterocycles. The van der Waals surface area contributed by atoms with Crippen molar-refractivity contribution in [3.63, 3.8) is 0 Å². The molecule has 0 atom stereocenters. The quantitative estimate of drug-likeness (QED) is 0.846. The summed E-state index contributed by atoms with van der Waals surface area (Å²) < 4.78 is 37.5. The molecule has 0 saturated heterocycles. The van der Waals surface area contributed by atoms with E-state index in [2.05, 4.69) is 10.3 Å². The molecule has 2 rings (SSSR count). The largest absolute Gasteiger partial charge is 0.416 e. The fourth-order valence-corrected chi connectivity index (χ4v) is 2.50. The first-order valence-electron chi connectivity index (χ1n) is 5.98. The van der Waals surface area contributed by atoms with E-state index in [0.29, 0.717) is 18.7 Å². The number of aromatic nitrogens is 1. The van der Waals surface area contributed by atoms with Gasteiger partial charge in [-0.3, -0.25) is 0 Å². The minimum Gasteiger partial charge on any atom is -0.397 e. The molecule has 0 spiro atoms. The summed E-state index contributed by atoms with van der Waals surface area (Å²) in [5.74, 6) is 0. The smallest absolute Gasteiger partial charge is 0.397 e. The fraction of sp³-hybridized carbons (Fsp3) is 0.308. The van der Waals surface area contributed by atoms with Crippen LogP contribution in [0.1, 0.15) is 16.3 Å². The van der Waals surface area contributed by atoms with Crippen LogP contribution in [0.4, 0.5) is 24.5 Å². The molecule has 0 saturated carbocycles. The highest BCUT2D eigenvalue weighted by Gasteiger charge is 2.30. The van der Waals surface area contributed by atoms with Crippen LogP contribution in [0, 0.1) is 6.92 Å². The van der Waals surface area contributed by atoms with Gasteiger partial charge in [0.2, 0.25) is 0 Å². The number of thiazole rings is 1. The Hall–Kier alpha value is -1.76. The zero-order valence-electron chi connectivity index (χ0n) is 10.8. The molecule has 1 heterocycles. The first-order valence-corrected chi connectivity index (χ1v) is 6.86. The number of nitrogen functional groups attached to an aromatic ring is 1. The molecule has 7 heteroatoms. The number of hydrogen-bond acceptors (Lipinski definition) is 4. The Morgan fingerprint density at radius 3 is 2.65 bits per heavy atom. The first-order chi connectivity index (χ1) is 9.36. The van der Waals surface area contributed by atoms with E-state index >= 15 is 0 Å². The van der Waals surface area contributed by atoms with Gasteiger partial charge in [0.15, 0.2) is 0 Å². The second-order valence-electron chi connectivity index (χ2n) is 4.36. The highest BCUT2D eigenvalue weighted by atomic mass is 32.1. The standard InChI is InChI=1S/C13H14F3N3S/c1-8-7-20-12(19-8)4-5-18-11-3-2-9(6-10(11)17)13(14,15)16/h2-3,6-7,18H,4-5,17H2,1H3. The first kappa shape index (κ1) is 14.6. The zero-order valence-corrected chi connectivity index (χ0v) is 11.6. The van der Waals surface area contributed by atoms with Crippen molar-refractivity contribution in [3.05, 3.63) is 39.8 Å². The number of anilines is 2. The monoisotopic (exact) mass is 301 g/mol. The highest BCUT2D eigenvalue weighted by Crippen LogP contribution is 2.32. The zero-order chi connectivity index (χ0) is 14.8. The van der Waals surface area contributed by atoms with Crippen molar-refractivity contribution in [2.75, 3.05) is 17.6 Å². The van der Waals surface area contributed by atoms with Crippen LogP contribution in [0.5, 0.6) is 0 Å². The molecular formula is C13H14F3N3S. The highest BCUT2D eigenvalue weighted by molar-refractivity contribution is 7.09. The van der Waals surface area contributed by atoms with Crippen molar-refractivity contribution in [2.45, 2.75) is 19.5 Å². The van der Waals surface area contributed by atoms with Gasteiger partial charge in [-0.2, -0.15) is 13.2 Å². The van der Waals surface area contributed by atoms with Crippen LogP contribution in [0.3, 0.4) is 0 Å². The Balaban J connectivity index is 1.96. The van der Waals surface area contributed by atoms with Gasteiger partial charge < -0.3 is 11.1 Å². The number of nitrogens with one attached hydrogen (secondary N) is 1. The van der Waals surface area contributed by atoms with Crippen LogP contribution >= 0.6 is 11.3 Å². The van der Waals surface area contributed by atoms with Crippen molar-refractivity contribution in [1.82, 2.24) is 4.98 Å². The van der Waals surface area contributed by atoms with E-state index in [1.807, 2.05) is 12.3 Å². The normalized spacial score (nSPS) is 11.6. The molecular weight excluding hydrogens is 287 g/mol. The Bertz CT molecular complexity index is 593. The average molecular weight is 301 g/mol. The summed E-state index contributed by atoms with van der Waals surface area (Å²) in [6.45, 7) is 2.49. The second-order valence-corrected chi connectivity index (χ2v) is 5.30. The molecule has 0 radical (unpaired) electrons. The summed E-state index contributed by atoms with van der Waals surface area (Å²) in [7, 11) is 0. The molecule has 0 aliphatic carbocycles. The van der Waals surface area contributed by atoms with Gasteiger partial charge in [0.25, 0.3) is 0 Å². The molecule has 3 nitrogen and oxygen atoms in total. The molecule has 0 unspecified atom stereocenters. The van der Waals surface area contributed by atoms with Gasteiger partial charge >= 0.3 is 6.18 Å². The van der Waals surface area contributed by atoms with Gasteiger partial charge in [-0.05, 0) is 25.1 Å². The van der Waals surface area contributed by atoms with Crippen LogP contribution in [0.15, 0.2) is 23.6 Å². The van der Waals surface area contributed by atoms with Crippen molar-refractivity contribution in [2.24, 2.45) is 0 Å². The van der Waals surface area contributed by atoms with Crippen molar-refractivity contribution >= 4 is 22.7 Å². The van der Waals surface area contributed by atoms with E-state index in [1.165, 1.54) is 6.07 Å². The minimum absolute atomic E-state index is 0.0927. The third-order valence-electron chi connectivity index (χ3n) is 2.70. The van der Waals surface area contributed by atoms with Gasteiger partial charge in [0.1, 0.15) is 0 Å². The van der Waals surface area contributed by atoms with Gasteiger partial charge in [-0.15, -0.1) is 11.3 Å². The van der Waals surface area contributed by atoms with E-state index in [0.717, 1.165) is 22.8 Å². The average Bonchev–Trinajstić information content (AvgIpc) is 2.76. The lowest BCUT2D eigenvalue weighted by Gasteiger charge is -2.12. The lowest BCUT2D eigenvalue weighted by Crippen LogP contribution is -2.09. The van der Waals surface area contributed by atoms with Gasteiger partial charge in [0.05, 0.1) is 21.9 Å². The second kappa shape index (κ2) is 5.70. The number of hydrogen-bond donors (Lipinski definition) is 2. The molecule has 1 aromatic heterocycles. The summed E-state index contributed by atoms with van der Waals surface area (Å²) >= 11 is 1.56. The van der Waals surface area contributed by atoms with Crippen molar-refractivity contribution < 1.29 is 13.2 Å². The Labute approximate surface area is 118 Å². The van der Waals surface area contributed by atoms with E-state index in [9.17, 15) is 13.2 Å². The maximum absolute atomic E-state index is 12.5. The van der Waals surface area contributed by atoms with Crippen LogP contribution in [-0.4, -0.2) is 11.5 Å². The number of aryl methyl sites for hydroxylation is 1. The van der Waals surface area contributed by atoms with E-state index < -0.39 is 11.7 Å². The van der Waals surface area contributed by atoms with E-state index in [4.69, 9.17) is 5.73 Å². The molecule has 108 valence electrons. The molecule has 20 heavy (non-hydrogen) atoms. The van der Waals surface area contributed by atoms with Gasteiger partial charge in [0, 0.05) is 24.0 Å². The lowest BCUT2D eigenvalue weighted by molar-refractivity contribution is -0.137. The van der Waals surface area contributed by atoms with Crippen LogP contribution < -0.4 is 11.1 Å². The molecule has 0 aliphatic rings. The van der Waals surface area contributed by atoms with Crippen molar-refractivity contribution in [3.8, 4) is 0 Å². The van der Waals surface area contributed by atoms with E-state index in [-0.39, 0.29) is 5.69 Å². The number of rotatable bonds is 4. The Morgan fingerprint density at radius 2 is 2.10 bits per heavy atom. The molecule has 0 fully saturated rings. The van der Waals surface area contributed by atoms with E-state index in [1.54, 1.807) is 11.3 Å². The fourth-order valence-electron chi connectivity index (χ4n) is 1.72. The number of halogens is 3. The molecule has 2 aromatic rings. The molecule has 0 amide bonds. The van der Waals surface area contributed by atoms with Gasteiger partial charge in [-0.1, -0.05) is 0 Å². The molecule has 3 N–H and O–H groups in total. The molecule has 1 aromatic carbocycles. The van der Waals surface area contributed by atoms with Crippen LogP contribution in [0.2, 0.25) is 0 Å². The predicted molar refractivity (Wildman–Crippen MR) is 74.9 cm³/mol. The third-order valence-corrected chi connectivity index (χ3v) is 3.73. The van der Waals surface area contributed by atoms with Crippen LogP contribution in [-0.2, 0) is 12.6 Å². The minimum atomic E-state index is -4.37. The summed E-state index contributed by atoms with van der Waals surface area (Å²) in [5.41, 5.74) is 6.46. The maximum Gasteiger partial charge on any atom is 0.416 e. The maximum atomic E-state index is 12.5. The summed E-state index contributed by atoms with van der Waals surface area (Å²) in [6, 6.07) is 3.31. The number of benzene rings is 1. The third kappa shape index (κ3) is 3.63. The van der Waals surface area contributed by atoms with Crippen LogP contribution in [0.25, 0.3) is 0 Å². The molecule has 0 bridgehead atoms. The lowest BCUT2D eigenvalue weighted by atomic mass is 10.1. The Morgan fingerprint density at radius 1 is 1.35 bits per heavy atom. The summed E-state index contributed by atoms with van der Waals surface area (Å²) in [5, 5.41) is 5.97.